The molecule has 3 aromatic rings. The molecule has 0 saturated carbocycles. The predicted molar refractivity (Wildman–Crippen MR) is 70.8 cm³/mol. The standard InChI is InChI=1S/C14H12FN3O2/c15-9-3-4-10-11(8-9)18-13(17-10)5-6-16-14(19)12-2-1-7-20-12/h1-4,7-8H,5-6H2,(H,16,19)(H,17,18). The Morgan fingerprint density at radius 2 is 2.30 bits per heavy atom. The van der Waals surface area contributed by atoms with Crippen molar-refractivity contribution in [3.05, 3.63) is 54.0 Å². The van der Waals surface area contributed by atoms with E-state index in [2.05, 4.69) is 15.3 Å². The van der Waals surface area contributed by atoms with Crippen molar-refractivity contribution in [3.8, 4) is 0 Å². The Labute approximate surface area is 113 Å². The number of aromatic nitrogens is 2. The summed E-state index contributed by atoms with van der Waals surface area (Å²) < 4.78 is 18.0. The van der Waals surface area contributed by atoms with Crippen molar-refractivity contribution >= 4 is 16.9 Å². The van der Waals surface area contributed by atoms with Gasteiger partial charge in [-0.25, -0.2) is 9.37 Å². The largest absolute Gasteiger partial charge is 0.459 e. The number of carbonyl (C=O) groups is 1. The summed E-state index contributed by atoms with van der Waals surface area (Å²) in [6.45, 7) is 0.418. The molecule has 0 aliphatic rings. The molecule has 0 bridgehead atoms. The molecule has 0 fully saturated rings. The molecule has 0 aliphatic carbocycles. The van der Waals surface area contributed by atoms with Crippen LogP contribution < -0.4 is 5.32 Å². The van der Waals surface area contributed by atoms with Gasteiger partial charge in [0.25, 0.3) is 5.91 Å². The third kappa shape index (κ3) is 2.54. The predicted octanol–water partition coefficient (Wildman–Crippen LogP) is 2.27. The van der Waals surface area contributed by atoms with E-state index in [4.69, 9.17) is 4.42 Å². The molecule has 1 aromatic carbocycles. The second kappa shape index (κ2) is 5.16. The average Bonchev–Trinajstić information content (AvgIpc) is 3.06. The first kappa shape index (κ1) is 12.4. The topological polar surface area (TPSA) is 70.9 Å². The van der Waals surface area contributed by atoms with E-state index in [0.29, 0.717) is 29.8 Å². The third-order valence-electron chi connectivity index (χ3n) is 2.89. The summed E-state index contributed by atoms with van der Waals surface area (Å²) in [6.07, 6.45) is 1.98. The SMILES string of the molecule is O=C(NCCc1nc2ccc(F)cc2[nH]1)c1ccco1. The third-order valence-corrected chi connectivity index (χ3v) is 2.89. The molecule has 0 atom stereocenters. The van der Waals surface area contributed by atoms with Gasteiger partial charge in [-0.05, 0) is 30.3 Å². The van der Waals surface area contributed by atoms with Crippen LogP contribution in [0.5, 0.6) is 0 Å². The maximum absolute atomic E-state index is 13.0. The molecule has 102 valence electrons. The maximum Gasteiger partial charge on any atom is 0.286 e. The molecule has 2 heterocycles. The molecular formula is C14H12FN3O2. The second-order valence-electron chi connectivity index (χ2n) is 4.33. The summed E-state index contributed by atoms with van der Waals surface area (Å²) in [5, 5.41) is 2.72. The highest BCUT2D eigenvalue weighted by molar-refractivity contribution is 5.91. The minimum Gasteiger partial charge on any atom is -0.459 e. The smallest absolute Gasteiger partial charge is 0.286 e. The van der Waals surface area contributed by atoms with Gasteiger partial charge in [0.2, 0.25) is 0 Å². The lowest BCUT2D eigenvalue weighted by Crippen LogP contribution is -2.25. The molecule has 0 spiro atoms. The molecule has 2 aromatic heterocycles. The van der Waals surface area contributed by atoms with Gasteiger partial charge in [0, 0.05) is 13.0 Å². The highest BCUT2D eigenvalue weighted by Crippen LogP contribution is 2.12. The summed E-state index contributed by atoms with van der Waals surface area (Å²) in [5.74, 6) is 0.401. The van der Waals surface area contributed by atoms with E-state index >= 15 is 0 Å². The number of furan rings is 1. The molecule has 0 unspecified atom stereocenters. The van der Waals surface area contributed by atoms with E-state index < -0.39 is 0 Å². The van der Waals surface area contributed by atoms with Gasteiger partial charge in [-0.3, -0.25) is 4.79 Å². The zero-order valence-corrected chi connectivity index (χ0v) is 10.5. The lowest BCUT2D eigenvalue weighted by molar-refractivity contribution is 0.0926. The minimum absolute atomic E-state index is 0.267. The number of rotatable bonds is 4. The molecule has 3 rings (SSSR count). The summed E-state index contributed by atoms with van der Waals surface area (Å²) in [7, 11) is 0. The first-order valence-electron chi connectivity index (χ1n) is 6.18. The summed E-state index contributed by atoms with van der Waals surface area (Å²) in [5.41, 5.74) is 1.36. The lowest BCUT2D eigenvalue weighted by Gasteiger charge is -2.00. The van der Waals surface area contributed by atoms with Crippen LogP contribution in [0.1, 0.15) is 16.4 Å². The van der Waals surface area contributed by atoms with Crippen LogP contribution >= 0.6 is 0 Å². The number of carbonyl (C=O) groups excluding carboxylic acids is 1. The van der Waals surface area contributed by atoms with Crippen LogP contribution in [0.3, 0.4) is 0 Å². The van der Waals surface area contributed by atoms with Crippen LogP contribution in [0, 0.1) is 5.82 Å². The van der Waals surface area contributed by atoms with E-state index in [1.54, 1.807) is 18.2 Å². The number of amides is 1. The fraction of sp³-hybridized carbons (Fsp3) is 0.143. The van der Waals surface area contributed by atoms with Gasteiger partial charge in [-0.15, -0.1) is 0 Å². The molecule has 0 radical (unpaired) electrons. The van der Waals surface area contributed by atoms with E-state index in [9.17, 15) is 9.18 Å². The van der Waals surface area contributed by atoms with Crippen molar-refractivity contribution in [1.29, 1.82) is 0 Å². The molecule has 20 heavy (non-hydrogen) atoms. The van der Waals surface area contributed by atoms with Crippen LogP contribution in [-0.4, -0.2) is 22.4 Å². The Balaban J connectivity index is 1.61. The monoisotopic (exact) mass is 273 g/mol. The van der Waals surface area contributed by atoms with Crippen molar-refractivity contribution in [2.75, 3.05) is 6.54 Å². The van der Waals surface area contributed by atoms with Crippen LogP contribution in [0.25, 0.3) is 11.0 Å². The first-order chi connectivity index (χ1) is 9.72. The van der Waals surface area contributed by atoms with Crippen molar-refractivity contribution in [2.45, 2.75) is 6.42 Å². The van der Waals surface area contributed by atoms with E-state index in [-0.39, 0.29) is 17.5 Å². The van der Waals surface area contributed by atoms with Crippen molar-refractivity contribution in [3.63, 3.8) is 0 Å². The fourth-order valence-corrected chi connectivity index (χ4v) is 1.94. The zero-order valence-electron chi connectivity index (χ0n) is 10.5. The van der Waals surface area contributed by atoms with E-state index in [1.807, 2.05) is 0 Å². The number of benzene rings is 1. The maximum atomic E-state index is 13.0. The highest BCUT2D eigenvalue weighted by Gasteiger charge is 2.08. The van der Waals surface area contributed by atoms with Gasteiger partial charge in [0.1, 0.15) is 11.6 Å². The number of halogens is 1. The van der Waals surface area contributed by atoms with Gasteiger partial charge in [-0.2, -0.15) is 0 Å². The first-order valence-corrected chi connectivity index (χ1v) is 6.18. The van der Waals surface area contributed by atoms with Crippen molar-refractivity contribution in [2.24, 2.45) is 0 Å². The number of imidazole rings is 1. The number of nitrogens with one attached hydrogen (secondary N) is 2. The van der Waals surface area contributed by atoms with Crippen LogP contribution in [-0.2, 0) is 6.42 Å². The number of nitrogens with zero attached hydrogens (tertiary/aromatic N) is 1. The Bertz CT molecular complexity index is 734. The van der Waals surface area contributed by atoms with Gasteiger partial charge in [0.15, 0.2) is 5.76 Å². The fourth-order valence-electron chi connectivity index (χ4n) is 1.94. The number of aromatic amines is 1. The Kier molecular flexibility index (Phi) is 3.20. The highest BCUT2D eigenvalue weighted by atomic mass is 19.1. The van der Waals surface area contributed by atoms with Crippen LogP contribution in [0.15, 0.2) is 41.0 Å². The van der Waals surface area contributed by atoms with Crippen molar-refractivity contribution < 1.29 is 13.6 Å². The molecule has 0 aliphatic heterocycles. The number of hydrogen-bond acceptors (Lipinski definition) is 3. The van der Waals surface area contributed by atoms with Gasteiger partial charge in [0.05, 0.1) is 17.3 Å². The normalized spacial score (nSPS) is 10.8. The number of hydrogen-bond donors (Lipinski definition) is 2. The Morgan fingerprint density at radius 3 is 3.10 bits per heavy atom. The van der Waals surface area contributed by atoms with Crippen molar-refractivity contribution in [1.82, 2.24) is 15.3 Å². The molecule has 0 saturated heterocycles. The Hall–Kier alpha value is -2.63. The summed E-state index contributed by atoms with van der Waals surface area (Å²) >= 11 is 0. The second-order valence-corrected chi connectivity index (χ2v) is 4.33. The number of fused-ring (bicyclic) bond motifs is 1. The van der Waals surface area contributed by atoms with E-state index in [0.717, 1.165) is 0 Å². The number of H-pyrrole nitrogens is 1. The van der Waals surface area contributed by atoms with Gasteiger partial charge >= 0.3 is 0 Å². The average molecular weight is 273 g/mol. The summed E-state index contributed by atoms with van der Waals surface area (Å²) in [4.78, 5) is 19.0. The van der Waals surface area contributed by atoms with Crippen LogP contribution in [0.4, 0.5) is 4.39 Å². The molecule has 5 nitrogen and oxygen atoms in total. The van der Waals surface area contributed by atoms with Crippen LogP contribution in [0.2, 0.25) is 0 Å². The summed E-state index contributed by atoms with van der Waals surface area (Å²) in [6, 6.07) is 7.63. The molecular weight excluding hydrogens is 261 g/mol. The van der Waals surface area contributed by atoms with Gasteiger partial charge in [-0.1, -0.05) is 0 Å². The molecule has 1 amide bonds. The van der Waals surface area contributed by atoms with Gasteiger partial charge < -0.3 is 14.7 Å². The Morgan fingerprint density at radius 1 is 1.40 bits per heavy atom. The lowest BCUT2D eigenvalue weighted by atomic mass is 10.3. The quantitative estimate of drug-likeness (QED) is 0.766. The molecule has 6 heteroatoms. The minimum atomic E-state index is -0.307. The zero-order chi connectivity index (χ0) is 13.9. The molecule has 2 N–H and O–H groups in total. The van der Waals surface area contributed by atoms with E-state index in [1.165, 1.54) is 18.4 Å².